The molecular weight excluding hydrogens is 330 g/mol. The highest BCUT2D eigenvalue weighted by Crippen LogP contribution is 2.00. The van der Waals surface area contributed by atoms with Crippen molar-refractivity contribution >= 4 is 23.8 Å². The topological polar surface area (TPSA) is 87.3 Å². The second kappa shape index (κ2) is 10.5. The Morgan fingerprint density at radius 3 is 2.12 bits per heavy atom. The van der Waals surface area contributed by atoms with Crippen LogP contribution in [-0.2, 0) is 20.8 Å². The predicted molar refractivity (Wildman–Crippen MR) is 99.5 cm³/mol. The molecule has 6 heteroatoms. The monoisotopic (exact) mass is 351 g/mol. The Bertz CT molecular complexity index is 758. The van der Waals surface area contributed by atoms with Crippen LogP contribution in [0.1, 0.15) is 17.5 Å². The van der Waals surface area contributed by atoms with E-state index in [4.69, 9.17) is 0 Å². The summed E-state index contributed by atoms with van der Waals surface area (Å²) in [4.78, 5) is 35.0. The molecule has 26 heavy (non-hydrogen) atoms. The van der Waals surface area contributed by atoms with Crippen LogP contribution >= 0.6 is 0 Å². The van der Waals surface area contributed by atoms with Gasteiger partial charge in [-0.1, -0.05) is 60.7 Å². The van der Waals surface area contributed by atoms with Crippen molar-refractivity contribution in [3.63, 3.8) is 0 Å². The molecule has 0 fully saturated rings. The fraction of sp³-hybridized carbons (Fsp3) is 0.150. The smallest absolute Gasteiger partial charge is 0.244 e. The molecule has 134 valence electrons. The van der Waals surface area contributed by atoms with Crippen LogP contribution in [0.3, 0.4) is 0 Å². The van der Waals surface area contributed by atoms with E-state index in [2.05, 4.69) is 16.2 Å². The molecule has 3 amide bonds. The summed E-state index contributed by atoms with van der Waals surface area (Å²) in [6.45, 7) is 0.179. The second-order valence-electron chi connectivity index (χ2n) is 5.54. The molecule has 0 aliphatic heterocycles. The summed E-state index contributed by atoms with van der Waals surface area (Å²) < 4.78 is 0. The fourth-order valence-corrected chi connectivity index (χ4v) is 2.12. The lowest BCUT2D eigenvalue weighted by molar-refractivity contribution is -0.128. The first-order valence-electron chi connectivity index (χ1n) is 8.26. The van der Waals surface area contributed by atoms with Crippen molar-refractivity contribution in [3.05, 3.63) is 77.9 Å². The molecule has 0 aromatic heterocycles. The quantitative estimate of drug-likeness (QED) is 0.523. The van der Waals surface area contributed by atoms with Gasteiger partial charge in [-0.25, -0.2) is 0 Å². The Kier molecular flexibility index (Phi) is 7.61. The van der Waals surface area contributed by atoms with Gasteiger partial charge in [0.1, 0.15) is 0 Å². The van der Waals surface area contributed by atoms with Crippen molar-refractivity contribution in [1.82, 2.24) is 16.2 Å². The average Bonchev–Trinajstić information content (AvgIpc) is 2.66. The number of hydrogen-bond acceptors (Lipinski definition) is 3. The van der Waals surface area contributed by atoms with E-state index in [-0.39, 0.29) is 37.1 Å². The molecule has 2 rings (SSSR count). The van der Waals surface area contributed by atoms with Gasteiger partial charge in [0.25, 0.3) is 0 Å². The van der Waals surface area contributed by atoms with Gasteiger partial charge >= 0.3 is 0 Å². The van der Waals surface area contributed by atoms with Gasteiger partial charge in [-0.15, -0.1) is 0 Å². The fourth-order valence-electron chi connectivity index (χ4n) is 2.12. The molecule has 0 bridgehead atoms. The lowest BCUT2D eigenvalue weighted by Gasteiger charge is -2.07. The van der Waals surface area contributed by atoms with E-state index < -0.39 is 0 Å². The summed E-state index contributed by atoms with van der Waals surface area (Å²) in [5.74, 6) is -0.965. The number of carbonyl (C=O) groups is 3. The lowest BCUT2D eigenvalue weighted by Crippen LogP contribution is -2.43. The molecule has 0 radical (unpaired) electrons. The number of hydrogen-bond donors (Lipinski definition) is 3. The zero-order valence-corrected chi connectivity index (χ0v) is 14.3. The van der Waals surface area contributed by atoms with Crippen LogP contribution < -0.4 is 16.2 Å². The Balaban J connectivity index is 1.60. The Hall–Kier alpha value is -3.41. The number of rotatable bonds is 7. The molecule has 2 aromatic rings. The molecular formula is C20H21N3O3. The van der Waals surface area contributed by atoms with Crippen LogP contribution in [0, 0.1) is 0 Å². The van der Waals surface area contributed by atoms with Crippen molar-refractivity contribution in [1.29, 1.82) is 0 Å². The maximum absolute atomic E-state index is 11.7. The number of hydrazine groups is 1. The van der Waals surface area contributed by atoms with Crippen molar-refractivity contribution in [2.75, 3.05) is 6.54 Å². The van der Waals surface area contributed by atoms with Gasteiger partial charge in [-0.05, 0) is 17.2 Å². The lowest BCUT2D eigenvalue weighted by atomic mass is 10.1. The van der Waals surface area contributed by atoms with E-state index in [0.29, 0.717) is 0 Å². The molecule has 0 saturated heterocycles. The third kappa shape index (κ3) is 7.44. The van der Waals surface area contributed by atoms with E-state index in [1.54, 1.807) is 6.08 Å². The molecule has 0 spiro atoms. The van der Waals surface area contributed by atoms with Crippen LogP contribution in [0.2, 0.25) is 0 Å². The van der Waals surface area contributed by atoms with Crippen LogP contribution in [-0.4, -0.2) is 24.3 Å². The number of carbonyl (C=O) groups excluding carboxylic acids is 3. The normalized spacial score (nSPS) is 10.3. The van der Waals surface area contributed by atoms with Crippen molar-refractivity contribution < 1.29 is 14.4 Å². The first kappa shape index (κ1) is 18.9. The first-order chi connectivity index (χ1) is 12.6. The van der Waals surface area contributed by atoms with Crippen LogP contribution in [0.5, 0.6) is 0 Å². The summed E-state index contributed by atoms with van der Waals surface area (Å²) in [7, 11) is 0. The minimum absolute atomic E-state index is 0.0660. The third-order valence-corrected chi connectivity index (χ3v) is 3.43. The molecule has 0 atom stereocenters. The zero-order chi connectivity index (χ0) is 18.6. The average molecular weight is 351 g/mol. The third-order valence-electron chi connectivity index (χ3n) is 3.43. The molecule has 6 nitrogen and oxygen atoms in total. The first-order valence-corrected chi connectivity index (χ1v) is 8.26. The van der Waals surface area contributed by atoms with Gasteiger partial charge in [-0.3, -0.25) is 25.2 Å². The summed E-state index contributed by atoms with van der Waals surface area (Å²) in [6.07, 6.45) is 3.35. The largest absolute Gasteiger partial charge is 0.352 e. The van der Waals surface area contributed by atoms with Crippen molar-refractivity contribution in [2.45, 2.75) is 12.8 Å². The predicted octanol–water partition coefficient (Wildman–Crippen LogP) is 1.60. The standard InChI is InChI=1S/C20H21N3O3/c24-18(12-11-16-7-3-1-4-8-16)21-14-13-19(25)22-23-20(26)15-17-9-5-2-6-10-17/h1-12H,13-15H2,(H,21,24)(H,22,25)(H,23,26). The van der Waals surface area contributed by atoms with Gasteiger partial charge in [0.2, 0.25) is 17.7 Å². The van der Waals surface area contributed by atoms with Gasteiger partial charge < -0.3 is 5.32 Å². The number of amides is 3. The highest BCUT2D eigenvalue weighted by atomic mass is 16.2. The Morgan fingerprint density at radius 2 is 1.42 bits per heavy atom. The van der Waals surface area contributed by atoms with Gasteiger partial charge in [0, 0.05) is 19.0 Å². The number of nitrogens with one attached hydrogen (secondary N) is 3. The van der Waals surface area contributed by atoms with Crippen LogP contribution in [0.4, 0.5) is 0 Å². The van der Waals surface area contributed by atoms with Crippen molar-refractivity contribution in [3.8, 4) is 0 Å². The molecule has 0 aliphatic rings. The zero-order valence-electron chi connectivity index (χ0n) is 14.3. The Morgan fingerprint density at radius 1 is 0.808 bits per heavy atom. The van der Waals surface area contributed by atoms with Gasteiger partial charge in [0.05, 0.1) is 6.42 Å². The summed E-state index contributed by atoms with van der Waals surface area (Å²) in [5.41, 5.74) is 6.45. The molecule has 0 saturated carbocycles. The van der Waals surface area contributed by atoms with E-state index in [0.717, 1.165) is 11.1 Å². The van der Waals surface area contributed by atoms with E-state index in [9.17, 15) is 14.4 Å². The molecule has 0 heterocycles. The summed E-state index contributed by atoms with van der Waals surface area (Å²) in [6, 6.07) is 18.7. The van der Waals surface area contributed by atoms with Gasteiger partial charge in [-0.2, -0.15) is 0 Å². The highest BCUT2D eigenvalue weighted by molar-refractivity contribution is 5.92. The molecule has 0 aliphatic carbocycles. The summed E-state index contributed by atoms with van der Waals surface area (Å²) in [5, 5.41) is 2.61. The van der Waals surface area contributed by atoms with Gasteiger partial charge in [0.15, 0.2) is 0 Å². The minimum atomic E-state index is -0.376. The molecule has 2 aromatic carbocycles. The van der Waals surface area contributed by atoms with E-state index in [1.165, 1.54) is 6.08 Å². The second-order valence-corrected chi connectivity index (χ2v) is 5.54. The maximum atomic E-state index is 11.7. The van der Waals surface area contributed by atoms with E-state index in [1.807, 2.05) is 60.7 Å². The van der Waals surface area contributed by atoms with E-state index >= 15 is 0 Å². The van der Waals surface area contributed by atoms with Crippen LogP contribution in [0.25, 0.3) is 6.08 Å². The molecule has 3 N–H and O–H groups in total. The molecule has 0 unspecified atom stereocenters. The minimum Gasteiger partial charge on any atom is -0.352 e. The maximum Gasteiger partial charge on any atom is 0.244 e. The van der Waals surface area contributed by atoms with Crippen LogP contribution in [0.15, 0.2) is 66.7 Å². The van der Waals surface area contributed by atoms with Crippen molar-refractivity contribution in [2.24, 2.45) is 0 Å². The highest BCUT2D eigenvalue weighted by Gasteiger charge is 2.06. The summed E-state index contributed by atoms with van der Waals surface area (Å²) >= 11 is 0. The number of benzene rings is 2. The SMILES string of the molecule is O=C(C=Cc1ccccc1)NCCC(=O)NNC(=O)Cc1ccccc1. The Labute approximate surface area is 152 Å².